The molecule has 58 heavy (non-hydrogen) atoms. The van der Waals surface area contributed by atoms with Crippen molar-refractivity contribution in [2.24, 2.45) is 0 Å². The van der Waals surface area contributed by atoms with E-state index in [1.54, 1.807) is 6.07 Å². The molecule has 6 heteroatoms. The molecule has 0 saturated heterocycles. The molecule has 0 bridgehead atoms. The first-order valence-corrected chi connectivity index (χ1v) is 23.8. The van der Waals surface area contributed by atoms with Crippen molar-refractivity contribution in [3.05, 3.63) is 157 Å². The van der Waals surface area contributed by atoms with Crippen molar-refractivity contribution >= 4 is 17.2 Å². The van der Waals surface area contributed by atoms with E-state index < -0.39 is 33.0 Å². The third-order valence-electron chi connectivity index (χ3n) is 11.6. The van der Waals surface area contributed by atoms with Gasteiger partial charge in [0.1, 0.15) is 0 Å². The second kappa shape index (κ2) is 16.1. The minimum atomic E-state index is -4.46. The first-order valence-electron chi connectivity index (χ1n) is 20.1. The molecule has 0 heterocycles. The van der Waals surface area contributed by atoms with Crippen molar-refractivity contribution in [3.63, 3.8) is 0 Å². The number of hydrogen-bond acceptors (Lipinski definition) is 0. The Morgan fingerprint density at radius 1 is 0.603 bits per heavy atom. The van der Waals surface area contributed by atoms with Crippen molar-refractivity contribution in [3.8, 4) is 11.1 Å². The van der Waals surface area contributed by atoms with Gasteiger partial charge >= 0.3 is 343 Å². The SMILES string of the molecule is CC(C)(C)c1cc2c(cc1C(C)(C)C)-c1cc(C(C)(C)C)c(C(C)(C)C)[c](/[Zr+2]([C]3=CC=CC3)=[C](\c3cccc(C(F)(F)F)c3)c3cccc4ccccc34)c1C2.[Cl-].[Cl-]. The Bertz CT molecular complexity index is 2480. The molecule has 0 spiro atoms. The van der Waals surface area contributed by atoms with Gasteiger partial charge in [-0.3, -0.25) is 0 Å². The molecule has 2 aliphatic rings. The van der Waals surface area contributed by atoms with Crippen molar-refractivity contribution < 1.29 is 59.3 Å². The summed E-state index contributed by atoms with van der Waals surface area (Å²) in [4.78, 5) is 0. The minimum Gasteiger partial charge on any atom is -1.00 e. The van der Waals surface area contributed by atoms with Gasteiger partial charge in [0, 0.05) is 0 Å². The second-order valence-corrected chi connectivity index (χ2v) is 26.0. The van der Waals surface area contributed by atoms with Gasteiger partial charge in [0.05, 0.1) is 0 Å². The average molecular weight is 901 g/mol. The van der Waals surface area contributed by atoms with Gasteiger partial charge in [0.2, 0.25) is 0 Å². The maximum absolute atomic E-state index is 14.7. The average Bonchev–Trinajstić information content (AvgIpc) is 3.76. The van der Waals surface area contributed by atoms with Crippen molar-refractivity contribution in [1.82, 2.24) is 0 Å². The molecular formula is C52H57Cl2F3Zr. The van der Waals surface area contributed by atoms with Crippen LogP contribution in [0.3, 0.4) is 0 Å². The normalized spacial score (nSPS) is 14.4. The Morgan fingerprint density at radius 2 is 1.19 bits per heavy atom. The third-order valence-corrected chi connectivity index (χ3v) is 19.3. The molecule has 0 atom stereocenters. The summed E-state index contributed by atoms with van der Waals surface area (Å²) in [7, 11) is 0. The van der Waals surface area contributed by atoms with E-state index in [-0.39, 0.29) is 46.5 Å². The predicted octanol–water partition coefficient (Wildman–Crippen LogP) is 7.98. The zero-order valence-corrected chi connectivity index (χ0v) is 40.1. The molecule has 0 aliphatic heterocycles. The number of fused-ring (bicyclic) bond motifs is 4. The fourth-order valence-electron chi connectivity index (χ4n) is 9.07. The van der Waals surface area contributed by atoms with Crippen LogP contribution in [0, 0.1) is 0 Å². The topological polar surface area (TPSA) is 0 Å². The van der Waals surface area contributed by atoms with Crippen LogP contribution in [0.25, 0.3) is 21.9 Å². The summed E-state index contributed by atoms with van der Waals surface area (Å²) >= 11 is -3.48. The summed E-state index contributed by atoms with van der Waals surface area (Å²) in [5, 5.41) is 2.18. The first-order chi connectivity index (χ1) is 26.0. The van der Waals surface area contributed by atoms with Crippen LogP contribution in [0.2, 0.25) is 0 Å². The molecule has 2 aliphatic carbocycles. The molecule has 0 nitrogen and oxygen atoms in total. The minimum absolute atomic E-state index is 0. The largest absolute Gasteiger partial charge is 1.00 e. The smallest absolute Gasteiger partial charge is 1.00 e. The standard InChI is InChI=1S/C29H41.C18H11F3.C5H5.2ClH.Zr/c1-26(2,3)22-14-18-13-19-15-23(27(4,5)6)25(29(10,11)12)17-21(19)20(18)16-24(22)28(7,8)9;19-18(20,21)16-9-3-5-13(12-16)11-15-8-4-7-14-6-1-2-10-17(14)15;1-2-4-5-3-1;;;/h14,16-17H,13H2,1-12H3;1-10,12H;1-3H,4H2;2*1H;/q;;;;;+2/p-2. The molecular weight excluding hydrogens is 844 g/mol. The van der Waals surface area contributed by atoms with E-state index in [0.29, 0.717) is 5.56 Å². The van der Waals surface area contributed by atoms with Crippen molar-refractivity contribution in [1.29, 1.82) is 0 Å². The van der Waals surface area contributed by atoms with Gasteiger partial charge in [0.25, 0.3) is 0 Å². The van der Waals surface area contributed by atoms with Crippen molar-refractivity contribution in [2.75, 3.05) is 0 Å². The van der Waals surface area contributed by atoms with Crippen LogP contribution in [0.1, 0.15) is 140 Å². The van der Waals surface area contributed by atoms with E-state index in [9.17, 15) is 13.2 Å². The van der Waals surface area contributed by atoms with E-state index >= 15 is 0 Å². The van der Waals surface area contributed by atoms with E-state index in [2.05, 4.69) is 156 Å². The van der Waals surface area contributed by atoms with Gasteiger partial charge in [-0.1, -0.05) is 0 Å². The maximum Gasteiger partial charge on any atom is -1.00 e. The summed E-state index contributed by atoms with van der Waals surface area (Å²) in [5.74, 6) is 0. The van der Waals surface area contributed by atoms with Crippen LogP contribution >= 0.6 is 0 Å². The molecule has 0 saturated carbocycles. The molecule has 0 fully saturated rings. The van der Waals surface area contributed by atoms with Crippen LogP contribution in [0.4, 0.5) is 13.2 Å². The fourth-order valence-corrected chi connectivity index (χ4v) is 18.2. The molecule has 0 amide bonds. The Labute approximate surface area is 365 Å². The van der Waals surface area contributed by atoms with E-state index in [1.165, 1.54) is 63.2 Å². The fraction of sp³-hybridized carbons (Fsp3) is 0.365. The number of benzene rings is 5. The Kier molecular flexibility index (Phi) is 12.8. The van der Waals surface area contributed by atoms with Crippen LogP contribution in [-0.2, 0) is 55.5 Å². The van der Waals surface area contributed by atoms with Crippen LogP contribution < -0.4 is 28.1 Å². The molecule has 5 aromatic rings. The molecule has 0 radical (unpaired) electrons. The summed E-state index contributed by atoms with van der Waals surface area (Å²) in [6.45, 7) is 27.9. The number of allylic oxidation sites excluding steroid dienone is 4. The summed E-state index contributed by atoms with van der Waals surface area (Å²) < 4.78 is 48.0. The van der Waals surface area contributed by atoms with E-state index in [0.717, 1.165) is 32.4 Å². The van der Waals surface area contributed by atoms with Gasteiger partial charge in [-0.25, -0.2) is 0 Å². The summed E-state index contributed by atoms with van der Waals surface area (Å²) in [6.07, 6.45) is 3.90. The van der Waals surface area contributed by atoms with Gasteiger partial charge in [0.15, 0.2) is 0 Å². The molecule has 7 rings (SSSR count). The summed E-state index contributed by atoms with van der Waals surface area (Å²) in [5.41, 5.74) is 11.5. The Morgan fingerprint density at radius 3 is 1.78 bits per heavy atom. The predicted molar refractivity (Wildman–Crippen MR) is 230 cm³/mol. The Balaban J connectivity index is 0.00000320. The van der Waals surface area contributed by atoms with E-state index in [1.807, 2.05) is 12.1 Å². The van der Waals surface area contributed by atoms with Crippen LogP contribution in [-0.4, -0.2) is 3.21 Å². The number of rotatable bonds is 4. The molecule has 0 unspecified atom stereocenters. The number of hydrogen-bond donors (Lipinski definition) is 0. The zero-order chi connectivity index (χ0) is 40.7. The van der Waals surface area contributed by atoms with Gasteiger partial charge < -0.3 is 24.8 Å². The Hall–Kier alpha value is -3.04. The molecule has 0 N–H and O–H groups in total. The van der Waals surface area contributed by atoms with Crippen LogP contribution in [0.15, 0.2) is 106 Å². The first kappa shape index (κ1) is 46.0. The van der Waals surface area contributed by atoms with Gasteiger partial charge in [-0.05, 0) is 0 Å². The van der Waals surface area contributed by atoms with E-state index in [4.69, 9.17) is 0 Å². The molecule has 304 valence electrons. The van der Waals surface area contributed by atoms with Crippen molar-refractivity contribution in [2.45, 2.75) is 124 Å². The number of halogens is 5. The third kappa shape index (κ3) is 8.60. The number of alkyl halides is 3. The van der Waals surface area contributed by atoms with Gasteiger partial charge in [-0.15, -0.1) is 0 Å². The molecule has 5 aromatic carbocycles. The molecule has 0 aromatic heterocycles. The monoisotopic (exact) mass is 898 g/mol. The zero-order valence-electron chi connectivity index (χ0n) is 36.1. The summed E-state index contributed by atoms with van der Waals surface area (Å²) in [6, 6.07) is 28.5. The van der Waals surface area contributed by atoms with Crippen LogP contribution in [0.5, 0.6) is 0 Å². The second-order valence-electron chi connectivity index (χ2n) is 20.1. The van der Waals surface area contributed by atoms with Gasteiger partial charge in [-0.2, -0.15) is 0 Å². The maximum atomic E-state index is 14.7. The quantitative estimate of drug-likeness (QED) is 0.169.